The number of rotatable bonds is 10. The molecular weight excluding hydrogens is 484 g/mol. The normalized spacial score (nSPS) is 11.4. The summed E-state index contributed by atoms with van der Waals surface area (Å²) in [5.41, 5.74) is 15.7. The van der Waals surface area contributed by atoms with Gasteiger partial charge in [-0.25, -0.2) is 0 Å². The average Bonchev–Trinajstić information content (AvgIpc) is 3.30. The first kappa shape index (κ1) is 26.8. The number of hydrogen-bond acceptors (Lipinski definition) is 3. The Morgan fingerprint density at radius 1 is 1.08 bits per heavy atom. The fourth-order valence-corrected chi connectivity index (χ4v) is 5.55. The third-order valence-corrected chi connectivity index (χ3v) is 7.85. The van der Waals surface area contributed by atoms with Crippen molar-refractivity contribution in [2.45, 2.75) is 73.9 Å². The highest BCUT2D eigenvalue weighted by Gasteiger charge is 2.21. The molecule has 0 saturated carbocycles. The number of carbonyl (C=O) groups is 1. The lowest BCUT2D eigenvalue weighted by Crippen LogP contribution is -2.14. The van der Waals surface area contributed by atoms with E-state index in [1.165, 1.54) is 16.6 Å². The molecule has 4 rings (SSSR count). The Bertz CT molecular complexity index is 1440. The van der Waals surface area contributed by atoms with Crippen LogP contribution < -0.4 is 10.5 Å². The van der Waals surface area contributed by atoms with Crippen LogP contribution in [-0.4, -0.2) is 26.9 Å². The fraction of sp³-hybridized carbons (Fsp3) is 0.400. The van der Waals surface area contributed by atoms with E-state index in [0.717, 1.165) is 69.3 Å². The van der Waals surface area contributed by atoms with Gasteiger partial charge in [0.2, 0.25) is 5.91 Å². The van der Waals surface area contributed by atoms with E-state index in [1.54, 1.807) is 0 Å². The number of benzene rings is 2. The maximum absolute atomic E-state index is 11.7. The van der Waals surface area contributed by atoms with E-state index in [4.69, 9.17) is 27.2 Å². The molecule has 0 aliphatic heterocycles. The zero-order chi connectivity index (χ0) is 26.9. The summed E-state index contributed by atoms with van der Waals surface area (Å²) < 4.78 is 10.4. The third kappa shape index (κ3) is 5.26. The van der Waals surface area contributed by atoms with Gasteiger partial charge in [0.15, 0.2) is 0 Å². The van der Waals surface area contributed by atoms with Gasteiger partial charge in [-0.15, -0.1) is 0 Å². The predicted octanol–water partition coefficient (Wildman–Crippen LogP) is 6.61. The summed E-state index contributed by atoms with van der Waals surface area (Å²) in [6.45, 7) is 14.4. The van der Waals surface area contributed by atoms with E-state index in [2.05, 4.69) is 50.5 Å². The molecule has 2 aromatic carbocycles. The van der Waals surface area contributed by atoms with Crippen molar-refractivity contribution in [3.05, 3.63) is 69.1 Å². The van der Waals surface area contributed by atoms with Gasteiger partial charge < -0.3 is 15.0 Å². The van der Waals surface area contributed by atoms with Crippen molar-refractivity contribution in [3.8, 4) is 16.9 Å². The van der Waals surface area contributed by atoms with Crippen LogP contribution in [0.25, 0.3) is 22.0 Å². The van der Waals surface area contributed by atoms with Crippen molar-refractivity contribution >= 4 is 28.4 Å². The summed E-state index contributed by atoms with van der Waals surface area (Å²) in [5, 5.41) is 6.76. The molecule has 4 aromatic rings. The van der Waals surface area contributed by atoms with Gasteiger partial charge in [0.05, 0.1) is 17.8 Å². The molecule has 0 fully saturated rings. The zero-order valence-electron chi connectivity index (χ0n) is 22.7. The van der Waals surface area contributed by atoms with Crippen molar-refractivity contribution in [1.29, 1.82) is 0 Å². The minimum absolute atomic E-state index is 0.295. The predicted molar refractivity (Wildman–Crippen MR) is 152 cm³/mol. The number of nitrogens with two attached hydrogens (primary N) is 1. The number of aryl methyl sites for hydroxylation is 6. The largest absolute Gasteiger partial charge is 0.494 e. The number of fused-ring (bicyclic) bond motifs is 1. The van der Waals surface area contributed by atoms with Crippen LogP contribution >= 0.6 is 11.6 Å². The first-order chi connectivity index (χ1) is 17.6. The van der Waals surface area contributed by atoms with Crippen LogP contribution in [0.4, 0.5) is 0 Å². The summed E-state index contributed by atoms with van der Waals surface area (Å²) in [7, 11) is 0. The second-order valence-electron chi connectivity index (χ2n) is 9.82. The number of halogens is 1. The molecular formula is C30H37ClN4O2. The number of para-hydroxylation sites is 1. The lowest BCUT2D eigenvalue weighted by molar-refractivity contribution is -0.118. The molecule has 2 heterocycles. The highest BCUT2D eigenvalue weighted by Crippen LogP contribution is 2.38. The summed E-state index contributed by atoms with van der Waals surface area (Å²) in [6.07, 6.45) is 2.03. The minimum Gasteiger partial charge on any atom is -0.494 e. The Labute approximate surface area is 224 Å². The lowest BCUT2D eigenvalue weighted by atomic mass is 9.98. The lowest BCUT2D eigenvalue weighted by Gasteiger charge is -2.12. The Kier molecular flexibility index (Phi) is 7.98. The molecule has 2 N–H and O–H groups in total. The van der Waals surface area contributed by atoms with Crippen molar-refractivity contribution in [2.75, 3.05) is 6.61 Å². The number of primary amides is 1. The van der Waals surface area contributed by atoms with Crippen molar-refractivity contribution in [2.24, 2.45) is 5.73 Å². The molecule has 0 unspecified atom stereocenters. The molecule has 0 aliphatic carbocycles. The molecule has 37 heavy (non-hydrogen) atoms. The van der Waals surface area contributed by atoms with E-state index < -0.39 is 0 Å². The molecule has 0 radical (unpaired) electrons. The van der Waals surface area contributed by atoms with Gasteiger partial charge in [-0.2, -0.15) is 5.10 Å². The zero-order valence-corrected chi connectivity index (χ0v) is 23.5. The Morgan fingerprint density at radius 3 is 2.41 bits per heavy atom. The standard InChI is InChI=1S/C30H37ClN4O2/c1-7-35-22(6)28(20(4)33-35)26-11-8-10-25-24(21(5)34(30(25)26)14-13-27(32)36)12-9-15-37-23-16-18(2)29(31)19(3)17-23/h8,10-11,16-17H,7,9,12-15H2,1-6H3,(H2,32,36). The van der Waals surface area contributed by atoms with Gasteiger partial charge in [-0.3, -0.25) is 9.48 Å². The summed E-state index contributed by atoms with van der Waals surface area (Å²) in [4.78, 5) is 11.7. The summed E-state index contributed by atoms with van der Waals surface area (Å²) >= 11 is 6.31. The molecule has 0 saturated heterocycles. The van der Waals surface area contributed by atoms with Crippen molar-refractivity contribution in [3.63, 3.8) is 0 Å². The molecule has 1 amide bonds. The van der Waals surface area contributed by atoms with Crippen LogP contribution in [0.1, 0.15) is 53.5 Å². The molecule has 0 bridgehead atoms. The van der Waals surface area contributed by atoms with E-state index in [9.17, 15) is 4.79 Å². The number of hydrogen-bond donors (Lipinski definition) is 1. The van der Waals surface area contributed by atoms with Gasteiger partial charge in [-0.1, -0.05) is 29.8 Å². The highest BCUT2D eigenvalue weighted by molar-refractivity contribution is 6.32. The fourth-order valence-electron chi connectivity index (χ4n) is 5.45. The number of nitrogens with zero attached hydrogens (tertiary/aromatic N) is 3. The minimum atomic E-state index is -0.298. The molecule has 7 heteroatoms. The SMILES string of the molecule is CCn1nc(C)c(-c2cccc3c(CCCOc4cc(C)c(Cl)c(C)c4)c(C)n(CCC(N)=O)c23)c1C. The van der Waals surface area contributed by atoms with Crippen LogP contribution in [0.3, 0.4) is 0 Å². The molecule has 6 nitrogen and oxygen atoms in total. The maximum atomic E-state index is 11.7. The Morgan fingerprint density at radius 2 is 1.78 bits per heavy atom. The quantitative estimate of drug-likeness (QED) is 0.239. The Balaban J connectivity index is 1.69. The monoisotopic (exact) mass is 520 g/mol. The molecule has 0 aliphatic rings. The van der Waals surface area contributed by atoms with E-state index in [-0.39, 0.29) is 5.91 Å². The second-order valence-corrected chi connectivity index (χ2v) is 10.2. The van der Waals surface area contributed by atoms with Gasteiger partial charge in [0.25, 0.3) is 0 Å². The van der Waals surface area contributed by atoms with Crippen LogP contribution in [0.5, 0.6) is 5.75 Å². The molecule has 0 spiro atoms. The number of carbonyl (C=O) groups excluding carboxylic acids is 1. The average molecular weight is 521 g/mol. The van der Waals surface area contributed by atoms with E-state index in [0.29, 0.717) is 19.6 Å². The molecule has 2 aromatic heterocycles. The summed E-state index contributed by atoms with van der Waals surface area (Å²) in [6, 6.07) is 10.5. The van der Waals surface area contributed by atoms with Gasteiger partial charge in [0.1, 0.15) is 5.75 Å². The van der Waals surface area contributed by atoms with E-state index in [1.807, 2.05) is 30.7 Å². The number of ether oxygens (including phenoxy) is 1. The smallest absolute Gasteiger partial charge is 0.219 e. The molecule has 196 valence electrons. The van der Waals surface area contributed by atoms with Crippen molar-refractivity contribution in [1.82, 2.24) is 14.3 Å². The van der Waals surface area contributed by atoms with Crippen LogP contribution in [0, 0.1) is 34.6 Å². The first-order valence-electron chi connectivity index (χ1n) is 13.0. The molecule has 0 atom stereocenters. The first-order valence-corrected chi connectivity index (χ1v) is 13.3. The van der Waals surface area contributed by atoms with Crippen LogP contribution in [0.2, 0.25) is 5.02 Å². The van der Waals surface area contributed by atoms with Gasteiger partial charge in [0, 0.05) is 52.4 Å². The second kappa shape index (κ2) is 11.0. The van der Waals surface area contributed by atoms with Crippen LogP contribution in [-0.2, 0) is 24.3 Å². The third-order valence-electron chi connectivity index (χ3n) is 7.25. The highest BCUT2D eigenvalue weighted by atomic mass is 35.5. The summed E-state index contributed by atoms with van der Waals surface area (Å²) in [5.74, 6) is 0.551. The Hall–Kier alpha value is -3.25. The van der Waals surface area contributed by atoms with E-state index >= 15 is 0 Å². The van der Waals surface area contributed by atoms with Crippen LogP contribution in [0.15, 0.2) is 30.3 Å². The number of aromatic nitrogens is 3. The van der Waals surface area contributed by atoms with Gasteiger partial charge in [-0.05, 0) is 83.2 Å². The maximum Gasteiger partial charge on any atom is 0.219 e. The topological polar surface area (TPSA) is 75.1 Å². The van der Waals surface area contributed by atoms with Gasteiger partial charge >= 0.3 is 0 Å². The number of amides is 1. The van der Waals surface area contributed by atoms with Crippen molar-refractivity contribution < 1.29 is 9.53 Å².